The summed E-state index contributed by atoms with van der Waals surface area (Å²) in [6.45, 7) is 0. The summed E-state index contributed by atoms with van der Waals surface area (Å²) in [5.41, 5.74) is 4.34. The quantitative estimate of drug-likeness (QED) is 0.143. The molecule has 2 nitrogen and oxygen atoms in total. The van der Waals surface area contributed by atoms with Crippen LogP contribution >= 0.6 is 68.0 Å². The van der Waals surface area contributed by atoms with E-state index in [0.717, 1.165) is 22.6 Å². The molecular formula is C36H26O2S6. The Kier molecular flexibility index (Phi) is 8.79. The average Bonchev–Trinajstić information content (AvgIpc) is 3.90. The largest absolute Gasteiger partial charge is 0.496 e. The monoisotopic (exact) mass is 682 g/mol. The molecule has 218 valence electrons. The molecular weight excluding hydrogens is 657 g/mol. The van der Waals surface area contributed by atoms with Crippen LogP contribution in [0.5, 0.6) is 11.5 Å². The van der Waals surface area contributed by atoms with Gasteiger partial charge < -0.3 is 9.47 Å². The fourth-order valence-electron chi connectivity index (χ4n) is 4.90. The van der Waals surface area contributed by atoms with Crippen LogP contribution in [0.25, 0.3) is 63.3 Å². The molecule has 0 saturated carbocycles. The minimum atomic E-state index is 0.802. The summed E-state index contributed by atoms with van der Waals surface area (Å²) in [4.78, 5) is 10.3. The van der Waals surface area contributed by atoms with Crippen LogP contribution in [0.1, 0.15) is 22.3 Å². The minimum absolute atomic E-state index is 0.802. The normalized spacial score (nSPS) is 11.7. The van der Waals surface area contributed by atoms with Gasteiger partial charge in [-0.05, 0) is 81.2 Å². The Morgan fingerprint density at radius 3 is 1.14 bits per heavy atom. The molecule has 0 aliphatic rings. The predicted octanol–water partition coefficient (Wildman–Crippen LogP) is 13.1. The molecule has 0 aliphatic carbocycles. The Morgan fingerprint density at radius 1 is 0.432 bits per heavy atom. The van der Waals surface area contributed by atoms with Gasteiger partial charge in [0.1, 0.15) is 11.5 Å². The standard InChI is InChI=1S/C36H26O2S6/c1-37-27-19-24(12-14-26-22-34(30-8-4-16-40-30)44-36(26)32-10-6-18-42-32)28(38-2)20-23(27)11-13-25-21-33(29-7-3-15-39-29)43-35(25)31-9-5-17-41-31/h3-22H,1-2H3. The van der Waals surface area contributed by atoms with Gasteiger partial charge in [0, 0.05) is 40.4 Å². The minimum Gasteiger partial charge on any atom is -0.496 e. The summed E-state index contributed by atoms with van der Waals surface area (Å²) in [7, 11) is 3.45. The molecule has 0 spiro atoms. The molecule has 7 rings (SSSR count). The van der Waals surface area contributed by atoms with E-state index in [1.165, 1.54) is 50.1 Å². The Labute approximate surface area is 281 Å². The zero-order chi connectivity index (χ0) is 29.9. The van der Waals surface area contributed by atoms with Crippen LogP contribution in [0.15, 0.2) is 94.3 Å². The lowest BCUT2D eigenvalue weighted by Gasteiger charge is -2.11. The smallest absolute Gasteiger partial charge is 0.126 e. The van der Waals surface area contributed by atoms with Crippen molar-refractivity contribution in [2.75, 3.05) is 14.2 Å². The maximum Gasteiger partial charge on any atom is 0.126 e. The third-order valence-electron chi connectivity index (χ3n) is 7.01. The highest BCUT2D eigenvalue weighted by molar-refractivity contribution is 7.26. The molecule has 0 bridgehead atoms. The summed E-state index contributed by atoms with van der Waals surface area (Å²) in [5.74, 6) is 1.60. The van der Waals surface area contributed by atoms with Crippen LogP contribution in [0.4, 0.5) is 0 Å². The van der Waals surface area contributed by atoms with Crippen molar-refractivity contribution >= 4 is 92.3 Å². The van der Waals surface area contributed by atoms with E-state index in [-0.39, 0.29) is 0 Å². The lowest BCUT2D eigenvalue weighted by Crippen LogP contribution is -1.93. The van der Waals surface area contributed by atoms with Crippen molar-refractivity contribution in [3.8, 4) is 50.5 Å². The zero-order valence-electron chi connectivity index (χ0n) is 23.8. The second-order valence-electron chi connectivity index (χ2n) is 9.70. The fraction of sp³-hybridized carbons (Fsp3) is 0.0556. The molecule has 0 amide bonds. The van der Waals surface area contributed by atoms with E-state index in [2.05, 4.69) is 119 Å². The van der Waals surface area contributed by atoms with E-state index in [0.29, 0.717) is 0 Å². The number of benzene rings is 1. The second kappa shape index (κ2) is 13.2. The van der Waals surface area contributed by atoms with Gasteiger partial charge in [0.2, 0.25) is 0 Å². The lowest BCUT2D eigenvalue weighted by molar-refractivity contribution is 0.401. The number of ether oxygens (including phenoxy) is 2. The van der Waals surface area contributed by atoms with E-state index in [4.69, 9.17) is 9.47 Å². The Balaban J connectivity index is 1.23. The van der Waals surface area contributed by atoms with Gasteiger partial charge >= 0.3 is 0 Å². The molecule has 6 heterocycles. The Bertz CT molecular complexity index is 1870. The summed E-state index contributed by atoms with van der Waals surface area (Å²) in [6.07, 6.45) is 8.65. The van der Waals surface area contributed by atoms with Crippen molar-refractivity contribution in [3.05, 3.63) is 117 Å². The molecule has 0 radical (unpaired) electrons. The third kappa shape index (κ3) is 6.06. The fourth-order valence-corrected chi connectivity index (χ4v) is 10.6. The summed E-state index contributed by atoms with van der Waals surface area (Å²) in [5, 5.41) is 8.53. The maximum atomic E-state index is 5.90. The molecule has 0 unspecified atom stereocenters. The van der Waals surface area contributed by atoms with Crippen LogP contribution in [0.3, 0.4) is 0 Å². The van der Waals surface area contributed by atoms with Gasteiger partial charge in [-0.3, -0.25) is 0 Å². The first-order valence-corrected chi connectivity index (χ1v) is 18.9. The molecule has 0 N–H and O–H groups in total. The van der Waals surface area contributed by atoms with Crippen molar-refractivity contribution in [2.24, 2.45) is 0 Å². The predicted molar refractivity (Wildman–Crippen MR) is 199 cm³/mol. The maximum absolute atomic E-state index is 5.90. The van der Waals surface area contributed by atoms with E-state index in [1.807, 2.05) is 22.7 Å². The van der Waals surface area contributed by atoms with Crippen LogP contribution in [0, 0.1) is 0 Å². The van der Waals surface area contributed by atoms with Crippen molar-refractivity contribution in [1.29, 1.82) is 0 Å². The number of methoxy groups -OCH3 is 2. The number of hydrogen-bond acceptors (Lipinski definition) is 8. The highest BCUT2D eigenvalue weighted by atomic mass is 32.1. The van der Waals surface area contributed by atoms with Gasteiger partial charge in [0.05, 0.1) is 24.0 Å². The summed E-state index contributed by atoms with van der Waals surface area (Å²) < 4.78 is 11.8. The first-order valence-electron chi connectivity index (χ1n) is 13.8. The third-order valence-corrected chi connectivity index (χ3v) is 13.5. The van der Waals surface area contributed by atoms with Gasteiger partial charge in [0.15, 0.2) is 0 Å². The van der Waals surface area contributed by atoms with E-state index < -0.39 is 0 Å². The van der Waals surface area contributed by atoms with Gasteiger partial charge in [-0.15, -0.1) is 68.0 Å². The highest BCUT2D eigenvalue weighted by Crippen LogP contribution is 2.44. The molecule has 6 aromatic heterocycles. The van der Waals surface area contributed by atoms with Crippen LogP contribution in [-0.2, 0) is 0 Å². The van der Waals surface area contributed by atoms with Gasteiger partial charge in [-0.2, -0.15) is 0 Å². The van der Waals surface area contributed by atoms with E-state index in [1.54, 1.807) is 59.6 Å². The molecule has 8 heteroatoms. The van der Waals surface area contributed by atoms with E-state index in [9.17, 15) is 0 Å². The number of hydrogen-bond donors (Lipinski definition) is 0. The lowest BCUT2D eigenvalue weighted by atomic mass is 10.0. The molecule has 0 fully saturated rings. The topological polar surface area (TPSA) is 18.5 Å². The molecule has 0 saturated heterocycles. The average molecular weight is 683 g/mol. The second-order valence-corrected chi connectivity index (χ2v) is 15.6. The van der Waals surface area contributed by atoms with Crippen molar-refractivity contribution in [2.45, 2.75) is 0 Å². The Morgan fingerprint density at radius 2 is 0.795 bits per heavy atom. The number of thiophene rings is 6. The molecule has 0 aliphatic heterocycles. The SMILES string of the molecule is COc1cc(C=Cc2cc(-c3cccs3)sc2-c2cccs2)c(OC)cc1C=Cc1cc(-c2cccs2)sc1-c1cccs1. The summed E-state index contributed by atoms with van der Waals surface area (Å²) in [6, 6.07) is 25.9. The van der Waals surface area contributed by atoms with Crippen LogP contribution in [0.2, 0.25) is 0 Å². The summed E-state index contributed by atoms with van der Waals surface area (Å²) >= 11 is 10.8. The molecule has 0 atom stereocenters. The van der Waals surface area contributed by atoms with E-state index >= 15 is 0 Å². The van der Waals surface area contributed by atoms with Gasteiger partial charge in [-0.25, -0.2) is 0 Å². The first kappa shape index (κ1) is 29.2. The zero-order valence-corrected chi connectivity index (χ0v) is 28.7. The van der Waals surface area contributed by atoms with Crippen molar-refractivity contribution in [3.63, 3.8) is 0 Å². The Hall–Kier alpha value is -3.50. The first-order chi connectivity index (χ1) is 21.7. The van der Waals surface area contributed by atoms with Gasteiger partial charge in [0.25, 0.3) is 0 Å². The molecule has 7 aromatic rings. The van der Waals surface area contributed by atoms with Crippen LogP contribution in [-0.4, -0.2) is 14.2 Å². The van der Waals surface area contributed by atoms with Gasteiger partial charge in [-0.1, -0.05) is 48.6 Å². The molecule has 1 aromatic carbocycles. The van der Waals surface area contributed by atoms with Crippen molar-refractivity contribution in [1.82, 2.24) is 0 Å². The molecule has 44 heavy (non-hydrogen) atoms. The highest BCUT2D eigenvalue weighted by Gasteiger charge is 2.15. The van der Waals surface area contributed by atoms with Crippen molar-refractivity contribution < 1.29 is 9.47 Å². The number of rotatable bonds is 10. The van der Waals surface area contributed by atoms with Crippen LogP contribution < -0.4 is 9.47 Å².